The Morgan fingerprint density at radius 2 is 2.15 bits per heavy atom. The third kappa shape index (κ3) is 1.86. The molecule has 0 aromatic carbocycles. The van der Waals surface area contributed by atoms with Crippen molar-refractivity contribution in [2.75, 3.05) is 6.54 Å². The molecular weight excluding hydrogens is 160 g/mol. The van der Waals surface area contributed by atoms with Crippen molar-refractivity contribution in [3.63, 3.8) is 0 Å². The molecule has 1 aliphatic rings. The van der Waals surface area contributed by atoms with Gasteiger partial charge in [-0.05, 0) is 30.7 Å². The average Bonchev–Trinajstić information content (AvgIpc) is 2.23. The van der Waals surface area contributed by atoms with E-state index in [9.17, 15) is 5.26 Å². The maximum Gasteiger partial charge on any atom is 0.109 e. The normalized spacial score (nSPS) is 37.3. The molecule has 0 saturated heterocycles. The molecule has 0 heterocycles. The molecule has 0 spiro atoms. The monoisotopic (exact) mass is 180 g/mol. The molecule has 1 aliphatic carbocycles. The van der Waals surface area contributed by atoms with Crippen LogP contribution in [-0.4, -0.2) is 12.1 Å². The van der Waals surface area contributed by atoms with E-state index in [0.717, 1.165) is 19.4 Å². The van der Waals surface area contributed by atoms with Crippen molar-refractivity contribution in [3.8, 4) is 6.07 Å². The predicted molar refractivity (Wildman–Crippen MR) is 54.2 cm³/mol. The number of rotatable bonds is 2. The zero-order valence-corrected chi connectivity index (χ0v) is 9.15. The van der Waals surface area contributed by atoms with Gasteiger partial charge < -0.3 is 0 Å². The van der Waals surface area contributed by atoms with E-state index in [4.69, 9.17) is 0 Å². The second-order valence-corrected chi connectivity index (χ2v) is 5.06. The second kappa shape index (κ2) is 3.31. The smallest absolute Gasteiger partial charge is 0.109 e. The van der Waals surface area contributed by atoms with Crippen molar-refractivity contribution in [3.05, 3.63) is 0 Å². The first-order valence-electron chi connectivity index (χ1n) is 5.12. The van der Waals surface area contributed by atoms with Crippen LogP contribution in [0.1, 0.15) is 40.5 Å². The van der Waals surface area contributed by atoms with Crippen molar-refractivity contribution >= 4 is 0 Å². The Kier molecular flexibility index (Phi) is 2.68. The van der Waals surface area contributed by atoms with E-state index in [1.807, 2.05) is 0 Å². The summed E-state index contributed by atoms with van der Waals surface area (Å²) < 4.78 is 0. The number of hydrogen-bond acceptors (Lipinski definition) is 2. The molecule has 1 saturated carbocycles. The number of hydrogen-bond donors (Lipinski definition) is 1. The fourth-order valence-electron chi connectivity index (χ4n) is 2.75. The molecule has 0 radical (unpaired) electrons. The molecule has 2 unspecified atom stereocenters. The summed E-state index contributed by atoms with van der Waals surface area (Å²) in [6, 6.07) is 2.47. The molecule has 74 valence electrons. The summed E-state index contributed by atoms with van der Waals surface area (Å²) in [7, 11) is 0. The first-order valence-corrected chi connectivity index (χ1v) is 5.12. The van der Waals surface area contributed by atoms with E-state index in [-0.39, 0.29) is 5.54 Å². The third-order valence-electron chi connectivity index (χ3n) is 3.15. The minimum atomic E-state index is -0.266. The van der Waals surface area contributed by atoms with Crippen molar-refractivity contribution in [1.82, 2.24) is 5.32 Å². The van der Waals surface area contributed by atoms with Crippen LogP contribution in [-0.2, 0) is 0 Å². The highest BCUT2D eigenvalue weighted by atomic mass is 15.0. The lowest BCUT2D eigenvalue weighted by Crippen LogP contribution is -2.46. The maximum atomic E-state index is 9.24. The Hall–Kier alpha value is -0.550. The summed E-state index contributed by atoms with van der Waals surface area (Å²) in [5.74, 6) is 0.465. The molecule has 0 aliphatic heterocycles. The average molecular weight is 180 g/mol. The van der Waals surface area contributed by atoms with Crippen molar-refractivity contribution in [1.29, 1.82) is 5.26 Å². The van der Waals surface area contributed by atoms with Crippen LogP contribution in [0.4, 0.5) is 0 Å². The fourth-order valence-corrected chi connectivity index (χ4v) is 2.75. The zero-order valence-electron chi connectivity index (χ0n) is 9.15. The van der Waals surface area contributed by atoms with Gasteiger partial charge in [-0.15, -0.1) is 0 Å². The van der Waals surface area contributed by atoms with Gasteiger partial charge in [-0.3, -0.25) is 5.32 Å². The molecule has 0 amide bonds. The third-order valence-corrected chi connectivity index (χ3v) is 3.15. The maximum absolute atomic E-state index is 9.24. The summed E-state index contributed by atoms with van der Waals surface area (Å²) in [5.41, 5.74) is 0.0512. The molecule has 1 fully saturated rings. The van der Waals surface area contributed by atoms with E-state index in [0.29, 0.717) is 11.3 Å². The molecule has 2 nitrogen and oxygen atoms in total. The van der Waals surface area contributed by atoms with Crippen LogP contribution in [0.3, 0.4) is 0 Å². The quantitative estimate of drug-likeness (QED) is 0.708. The molecule has 1 rings (SSSR count). The molecule has 13 heavy (non-hydrogen) atoms. The van der Waals surface area contributed by atoms with E-state index in [1.165, 1.54) is 0 Å². The second-order valence-electron chi connectivity index (χ2n) is 5.06. The highest BCUT2D eigenvalue weighted by Crippen LogP contribution is 2.46. The topological polar surface area (TPSA) is 35.8 Å². The minimum absolute atomic E-state index is 0.266. The minimum Gasteiger partial charge on any atom is -0.299 e. The Labute approximate surface area is 81.3 Å². The van der Waals surface area contributed by atoms with Crippen molar-refractivity contribution in [2.45, 2.75) is 46.1 Å². The van der Waals surface area contributed by atoms with Gasteiger partial charge in [0.25, 0.3) is 0 Å². The first-order chi connectivity index (χ1) is 5.96. The van der Waals surface area contributed by atoms with Crippen LogP contribution in [0, 0.1) is 22.7 Å². The van der Waals surface area contributed by atoms with E-state index >= 15 is 0 Å². The van der Waals surface area contributed by atoms with Gasteiger partial charge in [-0.2, -0.15) is 5.26 Å². The summed E-state index contributed by atoms with van der Waals surface area (Å²) in [4.78, 5) is 0. The van der Waals surface area contributed by atoms with Gasteiger partial charge in [-0.1, -0.05) is 27.7 Å². The van der Waals surface area contributed by atoms with Gasteiger partial charge in [0.2, 0.25) is 0 Å². The molecule has 2 heteroatoms. The van der Waals surface area contributed by atoms with Crippen LogP contribution >= 0.6 is 0 Å². The van der Waals surface area contributed by atoms with Gasteiger partial charge in [0.15, 0.2) is 0 Å². The van der Waals surface area contributed by atoms with Crippen molar-refractivity contribution in [2.24, 2.45) is 11.3 Å². The van der Waals surface area contributed by atoms with Gasteiger partial charge in [0, 0.05) is 0 Å². The van der Waals surface area contributed by atoms with Gasteiger partial charge >= 0.3 is 0 Å². The highest BCUT2D eigenvalue weighted by molar-refractivity contribution is 5.16. The summed E-state index contributed by atoms with van der Waals surface area (Å²) in [5, 5.41) is 12.6. The van der Waals surface area contributed by atoms with E-state index < -0.39 is 0 Å². The van der Waals surface area contributed by atoms with Crippen molar-refractivity contribution < 1.29 is 0 Å². The van der Waals surface area contributed by atoms with Gasteiger partial charge in [-0.25, -0.2) is 0 Å². The SMILES string of the molecule is CCNC1(C#N)CC(C)(C)CC1C. The first kappa shape index (κ1) is 10.5. The number of nitriles is 1. The van der Waals surface area contributed by atoms with Crippen LogP contribution < -0.4 is 5.32 Å². The summed E-state index contributed by atoms with van der Waals surface area (Å²) in [6.07, 6.45) is 2.12. The Morgan fingerprint density at radius 1 is 1.54 bits per heavy atom. The van der Waals surface area contributed by atoms with E-state index in [1.54, 1.807) is 0 Å². The summed E-state index contributed by atoms with van der Waals surface area (Å²) in [6.45, 7) is 9.63. The lowest BCUT2D eigenvalue weighted by Gasteiger charge is -2.27. The highest BCUT2D eigenvalue weighted by Gasteiger charge is 2.48. The molecular formula is C11H20N2. The predicted octanol–water partition coefficient (Wildman–Crippen LogP) is 2.31. The van der Waals surface area contributed by atoms with E-state index in [2.05, 4.69) is 39.1 Å². The largest absolute Gasteiger partial charge is 0.299 e. The standard InChI is InChI=1S/C11H20N2/c1-5-13-11(8-12)7-10(3,4)6-9(11)2/h9,13H,5-7H2,1-4H3. The Morgan fingerprint density at radius 3 is 2.46 bits per heavy atom. The lowest BCUT2D eigenvalue weighted by atomic mass is 9.87. The molecule has 0 aromatic rings. The Bertz CT molecular complexity index is 227. The lowest BCUT2D eigenvalue weighted by molar-refractivity contribution is 0.327. The molecule has 2 atom stereocenters. The number of nitrogens with one attached hydrogen (secondary N) is 1. The van der Waals surface area contributed by atoms with Crippen LogP contribution in [0.25, 0.3) is 0 Å². The van der Waals surface area contributed by atoms with Crippen LogP contribution in [0.15, 0.2) is 0 Å². The molecule has 0 bridgehead atoms. The zero-order chi connectivity index (χ0) is 10.1. The summed E-state index contributed by atoms with van der Waals surface area (Å²) >= 11 is 0. The van der Waals surface area contributed by atoms with Gasteiger partial charge in [0.1, 0.15) is 5.54 Å². The van der Waals surface area contributed by atoms with Gasteiger partial charge in [0.05, 0.1) is 6.07 Å². The molecule has 1 N–H and O–H groups in total. The van der Waals surface area contributed by atoms with Crippen LogP contribution in [0.2, 0.25) is 0 Å². The Balaban J connectivity index is 2.84. The fraction of sp³-hybridized carbons (Fsp3) is 0.909. The number of nitrogens with zero attached hydrogens (tertiary/aromatic N) is 1. The van der Waals surface area contributed by atoms with Crippen LogP contribution in [0.5, 0.6) is 0 Å². The molecule has 0 aromatic heterocycles.